The lowest BCUT2D eigenvalue weighted by molar-refractivity contribution is -0.116. The Morgan fingerprint density at radius 1 is 1.35 bits per heavy atom. The van der Waals surface area contributed by atoms with Crippen LogP contribution < -0.4 is 15.8 Å². The molecule has 0 fully saturated rings. The zero-order chi connectivity index (χ0) is 14.5. The lowest BCUT2D eigenvalue weighted by Crippen LogP contribution is -2.15. The van der Waals surface area contributed by atoms with E-state index in [0.717, 1.165) is 10.6 Å². The summed E-state index contributed by atoms with van der Waals surface area (Å²) in [5.41, 5.74) is 7.21. The van der Waals surface area contributed by atoms with Crippen LogP contribution in [-0.2, 0) is 4.79 Å². The molecule has 1 aromatic heterocycles. The van der Waals surface area contributed by atoms with Gasteiger partial charge in [-0.25, -0.2) is 4.98 Å². The van der Waals surface area contributed by atoms with Crippen molar-refractivity contribution >= 4 is 28.1 Å². The number of ether oxygens (including phenoxy) is 1. The summed E-state index contributed by atoms with van der Waals surface area (Å²) in [7, 11) is 0. The molecule has 0 aliphatic heterocycles. The molecular weight excluding hydrogens is 274 g/mol. The Morgan fingerprint density at radius 3 is 2.65 bits per heavy atom. The zero-order valence-corrected chi connectivity index (χ0v) is 12.3. The van der Waals surface area contributed by atoms with Crippen LogP contribution in [0.3, 0.4) is 0 Å². The van der Waals surface area contributed by atoms with Gasteiger partial charge in [0.25, 0.3) is 0 Å². The summed E-state index contributed by atoms with van der Waals surface area (Å²) in [6, 6.07) is 7.08. The van der Waals surface area contributed by atoms with Gasteiger partial charge in [0.1, 0.15) is 5.75 Å². The molecule has 106 valence electrons. The van der Waals surface area contributed by atoms with Crippen molar-refractivity contribution in [2.45, 2.75) is 20.3 Å². The highest BCUT2D eigenvalue weighted by atomic mass is 32.1. The molecule has 3 N–H and O–H groups in total. The average Bonchev–Trinajstić information content (AvgIpc) is 2.70. The zero-order valence-electron chi connectivity index (χ0n) is 11.5. The van der Waals surface area contributed by atoms with Gasteiger partial charge in [0, 0.05) is 10.6 Å². The maximum Gasteiger partial charge on any atom is 0.229 e. The van der Waals surface area contributed by atoms with E-state index in [-0.39, 0.29) is 12.3 Å². The molecule has 0 saturated heterocycles. The van der Waals surface area contributed by atoms with Gasteiger partial charge in [-0.3, -0.25) is 4.79 Å². The Morgan fingerprint density at radius 2 is 2.05 bits per heavy atom. The summed E-state index contributed by atoms with van der Waals surface area (Å²) in [5.74, 6) is 0.599. The Hall–Kier alpha value is -2.08. The standard InChI is InChI=1S/C14H17N3O2S/c1-9-10(2)20-14(16-9)17-13(18)7-8-19-12-5-3-11(15)4-6-12/h3-6H,7-8,15H2,1-2H3,(H,16,17,18). The van der Waals surface area contributed by atoms with E-state index < -0.39 is 0 Å². The summed E-state index contributed by atoms with van der Waals surface area (Å²) in [5, 5.41) is 3.40. The normalized spacial score (nSPS) is 10.3. The molecule has 2 rings (SSSR count). The number of rotatable bonds is 5. The Labute approximate surface area is 121 Å². The number of amides is 1. The fraction of sp³-hybridized carbons (Fsp3) is 0.286. The number of nitrogen functional groups attached to an aromatic ring is 1. The van der Waals surface area contributed by atoms with Gasteiger partial charge >= 0.3 is 0 Å². The van der Waals surface area contributed by atoms with Gasteiger partial charge in [0.2, 0.25) is 5.91 Å². The molecule has 1 aromatic carbocycles. The number of aromatic nitrogens is 1. The van der Waals surface area contributed by atoms with Gasteiger partial charge in [-0.2, -0.15) is 0 Å². The maximum absolute atomic E-state index is 11.7. The van der Waals surface area contributed by atoms with Crippen LogP contribution in [0.5, 0.6) is 5.75 Å². The van der Waals surface area contributed by atoms with Crippen molar-refractivity contribution in [1.29, 1.82) is 0 Å². The quantitative estimate of drug-likeness (QED) is 0.830. The van der Waals surface area contributed by atoms with Crippen molar-refractivity contribution in [3.05, 3.63) is 34.8 Å². The van der Waals surface area contributed by atoms with E-state index in [2.05, 4.69) is 10.3 Å². The van der Waals surface area contributed by atoms with Gasteiger partial charge in [0.15, 0.2) is 5.13 Å². The number of carbonyl (C=O) groups is 1. The first kappa shape index (κ1) is 14.3. The topological polar surface area (TPSA) is 77.2 Å². The van der Waals surface area contributed by atoms with E-state index in [9.17, 15) is 4.79 Å². The third-order valence-corrected chi connectivity index (χ3v) is 3.74. The second-order valence-electron chi connectivity index (χ2n) is 4.38. The Balaban J connectivity index is 1.76. The Bertz CT molecular complexity index is 573. The molecule has 0 aliphatic carbocycles. The van der Waals surface area contributed by atoms with Crippen molar-refractivity contribution < 1.29 is 9.53 Å². The monoisotopic (exact) mass is 291 g/mol. The highest BCUT2D eigenvalue weighted by molar-refractivity contribution is 7.15. The first-order chi connectivity index (χ1) is 9.54. The molecule has 0 atom stereocenters. The first-order valence-corrected chi connectivity index (χ1v) is 7.08. The lowest BCUT2D eigenvalue weighted by Gasteiger charge is -2.06. The number of benzene rings is 1. The van der Waals surface area contributed by atoms with Gasteiger partial charge in [-0.05, 0) is 38.1 Å². The van der Waals surface area contributed by atoms with E-state index in [1.54, 1.807) is 24.3 Å². The maximum atomic E-state index is 11.7. The predicted octanol–water partition coefficient (Wildman–Crippen LogP) is 2.75. The molecule has 6 heteroatoms. The van der Waals surface area contributed by atoms with Crippen molar-refractivity contribution in [2.24, 2.45) is 0 Å². The molecule has 0 bridgehead atoms. The van der Waals surface area contributed by atoms with Gasteiger partial charge in [-0.1, -0.05) is 0 Å². The molecule has 0 saturated carbocycles. The van der Waals surface area contributed by atoms with Crippen LogP contribution in [0, 0.1) is 13.8 Å². The average molecular weight is 291 g/mol. The fourth-order valence-corrected chi connectivity index (χ4v) is 2.36. The summed E-state index contributed by atoms with van der Waals surface area (Å²) in [6.07, 6.45) is 0.280. The molecule has 2 aromatic rings. The predicted molar refractivity (Wildman–Crippen MR) is 81.2 cm³/mol. The van der Waals surface area contributed by atoms with Crippen LogP contribution in [0.1, 0.15) is 17.0 Å². The van der Waals surface area contributed by atoms with Gasteiger partial charge in [-0.15, -0.1) is 11.3 Å². The van der Waals surface area contributed by atoms with Crippen LogP contribution in [0.4, 0.5) is 10.8 Å². The third-order valence-electron chi connectivity index (χ3n) is 2.75. The molecule has 1 amide bonds. The van der Waals surface area contributed by atoms with Gasteiger partial charge in [0.05, 0.1) is 18.7 Å². The minimum Gasteiger partial charge on any atom is -0.493 e. The number of nitrogens with two attached hydrogens (primary N) is 1. The molecule has 0 aliphatic rings. The van der Waals surface area contributed by atoms with E-state index in [1.165, 1.54) is 11.3 Å². The second kappa shape index (κ2) is 6.38. The number of hydrogen-bond acceptors (Lipinski definition) is 5. The number of aryl methyl sites for hydroxylation is 2. The minimum atomic E-state index is -0.103. The van der Waals surface area contributed by atoms with Crippen molar-refractivity contribution in [3.8, 4) is 5.75 Å². The highest BCUT2D eigenvalue weighted by Gasteiger charge is 2.08. The number of hydrogen-bond donors (Lipinski definition) is 2. The van der Waals surface area contributed by atoms with Crippen LogP contribution in [0.15, 0.2) is 24.3 Å². The first-order valence-electron chi connectivity index (χ1n) is 6.27. The minimum absolute atomic E-state index is 0.103. The number of anilines is 2. The van der Waals surface area contributed by atoms with Gasteiger partial charge < -0.3 is 15.8 Å². The molecule has 1 heterocycles. The molecule has 0 unspecified atom stereocenters. The van der Waals surface area contributed by atoms with Crippen molar-refractivity contribution in [2.75, 3.05) is 17.7 Å². The number of nitrogens with zero attached hydrogens (tertiary/aromatic N) is 1. The van der Waals surface area contributed by atoms with Crippen LogP contribution in [0.2, 0.25) is 0 Å². The van der Waals surface area contributed by atoms with Crippen molar-refractivity contribution in [1.82, 2.24) is 4.98 Å². The second-order valence-corrected chi connectivity index (χ2v) is 5.58. The fourth-order valence-electron chi connectivity index (χ4n) is 1.53. The van der Waals surface area contributed by atoms with E-state index in [4.69, 9.17) is 10.5 Å². The molecule has 20 heavy (non-hydrogen) atoms. The SMILES string of the molecule is Cc1nc(NC(=O)CCOc2ccc(N)cc2)sc1C. The number of nitrogens with one attached hydrogen (secondary N) is 1. The molecule has 0 spiro atoms. The highest BCUT2D eigenvalue weighted by Crippen LogP contribution is 2.21. The Kier molecular flexibility index (Phi) is 4.57. The van der Waals surface area contributed by atoms with E-state index in [1.807, 2.05) is 13.8 Å². The number of thiazole rings is 1. The van der Waals surface area contributed by atoms with Crippen molar-refractivity contribution in [3.63, 3.8) is 0 Å². The van der Waals surface area contributed by atoms with Crippen LogP contribution in [-0.4, -0.2) is 17.5 Å². The summed E-state index contributed by atoms with van der Waals surface area (Å²) >= 11 is 1.48. The van der Waals surface area contributed by atoms with E-state index >= 15 is 0 Å². The summed E-state index contributed by atoms with van der Waals surface area (Å²) < 4.78 is 5.46. The van der Waals surface area contributed by atoms with E-state index in [0.29, 0.717) is 23.2 Å². The largest absolute Gasteiger partial charge is 0.493 e. The summed E-state index contributed by atoms with van der Waals surface area (Å²) in [4.78, 5) is 17.1. The molecular formula is C14H17N3O2S. The number of carbonyl (C=O) groups excluding carboxylic acids is 1. The molecule has 0 radical (unpaired) electrons. The smallest absolute Gasteiger partial charge is 0.229 e. The van der Waals surface area contributed by atoms with Crippen LogP contribution >= 0.6 is 11.3 Å². The molecule has 5 nitrogen and oxygen atoms in total. The van der Waals surface area contributed by atoms with Crippen LogP contribution in [0.25, 0.3) is 0 Å². The summed E-state index contributed by atoms with van der Waals surface area (Å²) in [6.45, 7) is 4.22. The lowest BCUT2D eigenvalue weighted by atomic mass is 10.3. The third kappa shape index (κ3) is 3.96.